The average Bonchev–Trinajstić information content (AvgIpc) is 2.59. The van der Waals surface area contributed by atoms with Gasteiger partial charge in [-0.05, 0) is 25.8 Å². The molecule has 0 aromatic heterocycles. The summed E-state index contributed by atoms with van der Waals surface area (Å²) in [5, 5.41) is 3.56. The van der Waals surface area contributed by atoms with Crippen molar-refractivity contribution < 1.29 is 19.7 Å². The van der Waals surface area contributed by atoms with Gasteiger partial charge in [0.1, 0.15) is 0 Å². The highest BCUT2D eigenvalue weighted by atomic mass is 31.2. The Morgan fingerprint density at radius 2 is 2.24 bits per heavy atom. The molecule has 0 aromatic rings. The summed E-state index contributed by atoms with van der Waals surface area (Å²) in [7, 11) is -3.25. The molecule has 3 atom stereocenters. The first-order chi connectivity index (χ1) is 8.54. The van der Waals surface area contributed by atoms with Crippen molar-refractivity contribution in [1.29, 1.82) is 0 Å². The minimum Gasteiger partial charge on any atom is -0.377 e. The predicted octanol–water partition coefficient (Wildman–Crippen LogP) is 2.72. The van der Waals surface area contributed by atoms with Gasteiger partial charge in [0.25, 0.3) is 0 Å². The molecule has 0 spiro atoms. The molecule has 0 saturated carbocycles. The highest BCUT2D eigenvalue weighted by Crippen LogP contribution is 2.50. The Morgan fingerprint density at radius 3 is 2.76 bits per heavy atom. The zero-order chi connectivity index (χ0) is 13.6. The molecule has 0 bridgehead atoms. The summed E-state index contributed by atoms with van der Waals surface area (Å²) >= 11 is 0. The maximum atomic E-state index is 12.3. The Hall–Kier alpha value is -0.580. The van der Waals surface area contributed by atoms with E-state index >= 15 is 0 Å². The van der Waals surface area contributed by atoms with Crippen LogP contribution in [0.1, 0.15) is 21.6 Å². The van der Waals surface area contributed by atoms with E-state index in [1.54, 1.807) is 13.8 Å². The van der Waals surface area contributed by atoms with Crippen molar-refractivity contribution in [3.8, 4) is 0 Å². The fourth-order valence-electron chi connectivity index (χ4n) is 1.63. The lowest BCUT2D eigenvalue weighted by Gasteiger charge is -2.21. The molecule has 1 saturated heterocycles. The standard InChI is InChI=1S/C9H18N3O4P/c1-3-15-17(13,16-4-2)7-9-8(11-12-10)5-6-14-9/h8-9H,3-7H2,1-2H3/t8-,9-/m1/s1/i6T/t6?,8-,9-. The lowest BCUT2D eigenvalue weighted by atomic mass is 10.2. The van der Waals surface area contributed by atoms with Crippen LogP contribution < -0.4 is 0 Å². The maximum absolute atomic E-state index is 12.3. The monoisotopic (exact) mass is 265 g/mol. The Balaban J connectivity index is 2.73. The van der Waals surface area contributed by atoms with E-state index < -0.39 is 26.3 Å². The minimum atomic E-state index is -3.25. The Labute approximate surface area is 102 Å². The van der Waals surface area contributed by atoms with Crippen LogP contribution in [0.3, 0.4) is 0 Å². The second kappa shape index (κ2) is 6.99. The smallest absolute Gasteiger partial charge is 0.333 e. The van der Waals surface area contributed by atoms with Crippen molar-refractivity contribution in [3.63, 3.8) is 0 Å². The molecule has 98 valence electrons. The van der Waals surface area contributed by atoms with Crippen molar-refractivity contribution >= 4 is 7.60 Å². The molecule has 0 N–H and O–H groups in total. The number of ether oxygens (including phenoxy) is 1. The summed E-state index contributed by atoms with van der Waals surface area (Å²) in [6.07, 6.45) is -0.284. The van der Waals surface area contributed by atoms with Gasteiger partial charge in [0.15, 0.2) is 0 Å². The first-order valence-electron chi connectivity index (χ1n) is 6.12. The third-order valence-corrected chi connectivity index (χ3v) is 4.40. The first-order valence-corrected chi connectivity index (χ1v) is 7.27. The fourth-order valence-corrected chi connectivity index (χ4v) is 3.47. The molecule has 1 fully saturated rings. The second-order valence-electron chi connectivity index (χ2n) is 3.48. The summed E-state index contributed by atoms with van der Waals surface area (Å²) in [5.74, 6) is 0. The lowest BCUT2D eigenvalue weighted by molar-refractivity contribution is 0.111. The molecule has 1 heterocycles. The summed E-state index contributed by atoms with van der Waals surface area (Å²) in [5.41, 5.74) is 8.45. The molecule has 0 aromatic carbocycles. The zero-order valence-corrected chi connectivity index (χ0v) is 10.9. The predicted molar refractivity (Wildman–Crippen MR) is 63.0 cm³/mol. The van der Waals surface area contributed by atoms with Gasteiger partial charge in [-0.2, -0.15) is 0 Å². The van der Waals surface area contributed by atoms with Crippen LogP contribution in [-0.4, -0.2) is 38.1 Å². The summed E-state index contributed by atoms with van der Waals surface area (Å²) in [6, 6.07) is -0.494. The topological polar surface area (TPSA) is 93.5 Å². The van der Waals surface area contributed by atoms with Crippen LogP contribution in [0, 0.1) is 0 Å². The number of hydrogen-bond donors (Lipinski definition) is 0. The summed E-state index contributed by atoms with van der Waals surface area (Å²) in [6.45, 7) is 3.21. The second-order valence-corrected chi connectivity index (χ2v) is 5.58. The van der Waals surface area contributed by atoms with Crippen molar-refractivity contribution in [2.75, 3.05) is 26.0 Å². The Bertz CT molecular complexity index is 354. The lowest BCUT2D eigenvalue weighted by Crippen LogP contribution is -2.24. The molecule has 0 radical (unpaired) electrons. The number of nitrogens with zero attached hydrogens (tertiary/aromatic N) is 3. The fraction of sp³-hybridized carbons (Fsp3) is 1.00. The Kier molecular flexibility index (Phi) is 5.29. The van der Waals surface area contributed by atoms with Gasteiger partial charge in [0.2, 0.25) is 0 Å². The van der Waals surface area contributed by atoms with Crippen molar-refractivity contribution in [2.45, 2.75) is 32.4 Å². The molecule has 1 aliphatic heterocycles. The maximum Gasteiger partial charge on any atom is 0.333 e. The van der Waals surface area contributed by atoms with E-state index in [4.69, 9.17) is 20.7 Å². The van der Waals surface area contributed by atoms with Crippen LogP contribution in [0.2, 0.25) is 0 Å². The molecule has 0 aliphatic carbocycles. The van der Waals surface area contributed by atoms with Crippen LogP contribution in [0.5, 0.6) is 0 Å². The van der Waals surface area contributed by atoms with E-state index in [1.165, 1.54) is 0 Å². The van der Waals surface area contributed by atoms with Gasteiger partial charge in [-0.25, -0.2) is 0 Å². The van der Waals surface area contributed by atoms with E-state index in [2.05, 4.69) is 10.0 Å². The Morgan fingerprint density at radius 1 is 1.59 bits per heavy atom. The van der Waals surface area contributed by atoms with E-state index in [9.17, 15) is 4.57 Å². The average molecular weight is 265 g/mol. The van der Waals surface area contributed by atoms with Gasteiger partial charge in [0.05, 0.1) is 32.9 Å². The van der Waals surface area contributed by atoms with E-state index in [0.29, 0.717) is 6.42 Å². The molecule has 0 amide bonds. The van der Waals surface area contributed by atoms with Gasteiger partial charge in [0, 0.05) is 11.5 Å². The highest BCUT2D eigenvalue weighted by molar-refractivity contribution is 7.53. The van der Waals surface area contributed by atoms with E-state index in [-0.39, 0.29) is 19.4 Å². The van der Waals surface area contributed by atoms with Crippen molar-refractivity contribution in [1.82, 2.24) is 0 Å². The molecule has 8 heteroatoms. The molecular formula is C9H18N3O4P. The van der Waals surface area contributed by atoms with Gasteiger partial charge in [-0.1, -0.05) is 5.11 Å². The van der Waals surface area contributed by atoms with Gasteiger partial charge in [-0.15, -0.1) is 0 Å². The summed E-state index contributed by atoms with van der Waals surface area (Å²) in [4.78, 5) is 2.71. The molecular weight excluding hydrogens is 245 g/mol. The highest BCUT2D eigenvalue weighted by Gasteiger charge is 2.36. The normalized spacial score (nSPS) is 29.8. The van der Waals surface area contributed by atoms with Crippen LogP contribution in [-0.2, 0) is 18.3 Å². The van der Waals surface area contributed by atoms with Crippen molar-refractivity contribution in [2.24, 2.45) is 5.11 Å². The SMILES string of the molecule is [3H]C1C[C@@H](N=[N+]=[N-])[C@@H](CP(=O)(OCC)OCC)O1. The number of rotatable bonds is 7. The van der Waals surface area contributed by atoms with E-state index in [1.807, 2.05) is 0 Å². The molecule has 17 heavy (non-hydrogen) atoms. The van der Waals surface area contributed by atoms with Gasteiger partial charge in [-0.3, -0.25) is 4.57 Å². The molecule has 1 rings (SSSR count). The largest absolute Gasteiger partial charge is 0.377 e. The van der Waals surface area contributed by atoms with Crippen LogP contribution in [0.15, 0.2) is 5.11 Å². The third-order valence-electron chi connectivity index (χ3n) is 2.29. The van der Waals surface area contributed by atoms with Crippen LogP contribution in [0.4, 0.5) is 0 Å². The quantitative estimate of drug-likeness (QED) is 0.306. The third kappa shape index (κ3) is 4.30. The molecule has 7 nitrogen and oxygen atoms in total. The molecule has 1 unspecified atom stereocenters. The zero-order valence-electron chi connectivity index (χ0n) is 11.0. The summed E-state index contributed by atoms with van der Waals surface area (Å²) < 4.78 is 35.4. The first kappa shape index (κ1) is 12.9. The number of hydrogen-bond acceptors (Lipinski definition) is 5. The van der Waals surface area contributed by atoms with E-state index in [0.717, 1.165) is 0 Å². The van der Waals surface area contributed by atoms with Crippen LogP contribution in [0.25, 0.3) is 10.4 Å². The van der Waals surface area contributed by atoms with Crippen molar-refractivity contribution in [3.05, 3.63) is 10.4 Å². The van der Waals surface area contributed by atoms with Crippen LogP contribution >= 0.6 is 7.60 Å². The van der Waals surface area contributed by atoms with Gasteiger partial charge >= 0.3 is 7.60 Å². The van der Waals surface area contributed by atoms with Gasteiger partial charge < -0.3 is 13.8 Å². The molecule has 1 aliphatic rings. The minimum absolute atomic E-state index is 0.00769. The number of azide groups is 1.